The molecule has 21 heavy (non-hydrogen) atoms. The number of aromatic nitrogens is 3. The zero-order valence-electron chi connectivity index (χ0n) is 12.6. The monoisotopic (exact) mass is 288 g/mol. The number of nitrogens with one attached hydrogen (secondary N) is 1. The number of aromatic amines is 1. The fraction of sp³-hybridized carbons (Fsp3) is 0.533. The standard InChI is InChI=1S/C15H20N4O2/c1-9(2)13-16-14(18-17-13)15(20)19(11-5-6-11)8-12-7-4-10(3)21-12/h4,7,9,11H,5-6,8H2,1-3H3,(H,16,17,18). The van der Waals surface area contributed by atoms with Crippen LogP contribution in [0.5, 0.6) is 0 Å². The van der Waals surface area contributed by atoms with Gasteiger partial charge in [-0.15, -0.1) is 5.10 Å². The summed E-state index contributed by atoms with van der Waals surface area (Å²) in [6.07, 6.45) is 2.07. The zero-order chi connectivity index (χ0) is 15.0. The maximum Gasteiger partial charge on any atom is 0.294 e. The minimum Gasteiger partial charge on any atom is -0.464 e. The quantitative estimate of drug-likeness (QED) is 0.917. The zero-order valence-corrected chi connectivity index (χ0v) is 12.6. The number of H-pyrrole nitrogens is 1. The minimum absolute atomic E-state index is 0.130. The first-order valence-electron chi connectivity index (χ1n) is 7.33. The minimum atomic E-state index is -0.130. The van der Waals surface area contributed by atoms with Gasteiger partial charge >= 0.3 is 0 Å². The molecule has 0 bridgehead atoms. The molecule has 1 N–H and O–H groups in total. The van der Waals surface area contributed by atoms with Gasteiger partial charge in [0.15, 0.2) is 0 Å². The van der Waals surface area contributed by atoms with Gasteiger partial charge in [-0.25, -0.2) is 4.98 Å². The Morgan fingerprint density at radius 3 is 2.76 bits per heavy atom. The number of rotatable bonds is 5. The first kappa shape index (κ1) is 13.9. The second-order valence-electron chi connectivity index (χ2n) is 5.88. The van der Waals surface area contributed by atoms with Gasteiger partial charge in [0.25, 0.3) is 5.91 Å². The Hall–Kier alpha value is -2.11. The van der Waals surface area contributed by atoms with Crippen LogP contribution in [0.15, 0.2) is 16.5 Å². The van der Waals surface area contributed by atoms with Gasteiger partial charge in [-0.1, -0.05) is 13.8 Å². The smallest absolute Gasteiger partial charge is 0.294 e. The lowest BCUT2D eigenvalue weighted by Gasteiger charge is -2.19. The van der Waals surface area contributed by atoms with E-state index >= 15 is 0 Å². The van der Waals surface area contributed by atoms with Crippen LogP contribution in [0.25, 0.3) is 0 Å². The fourth-order valence-electron chi connectivity index (χ4n) is 2.25. The SMILES string of the molecule is Cc1ccc(CN(C(=O)c2n[nH]c(C(C)C)n2)C2CC2)o1. The third-order valence-corrected chi connectivity index (χ3v) is 3.61. The van der Waals surface area contributed by atoms with E-state index in [1.807, 2.05) is 37.8 Å². The molecule has 3 rings (SSSR count). The molecule has 0 unspecified atom stereocenters. The van der Waals surface area contributed by atoms with Gasteiger partial charge in [-0.2, -0.15) is 0 Å². The molecule has 1 fully saturated rings. The van der Waals surface area contributed by atoms with Gasteiger partial charge in [-0.3, -0.25) is 9.89 Å². The van der Waals surface area contributed by atoms with E-state index in [4.69, 9.17) is 4.42 Å². The predicted molar refractivity (Wildman–Crippen MR) is 76.8 cm³/mol. The molecule has 1 aliphatic rings. The molecule has 1 aliphatic carbocycles. The number of hydrogen-bond donors (Lipinski definition) is 1. The van der Waals surface area contributed by atoms with E-state index < -0.39 is 0 Å². The molecule has 0 aliphatic heterocycles. The van der Waals surface area contributed by atoms with Crippen LogP contribution in [0.3, 0.4) is 0 Å². The summed E-state index contributed by atoms with van der Waals surface area (Å²) in [6, 6.07) is 4.10. The normalized spacial score (nSPS) is 14.7. The molecule has 0 atom stereocenters. The Kier molecular flexibility index (Phi) is 3.53. The van der Waals surface area contributed by atoms with Crippen molar-refractivity contribution in [2.24, 2.45) is 0 Å². The molecule has 0 saturated heterocycles. The average molecular weight is 288 g/mol. The molecule has 0 radical (unpaired) electrons. The third kappa shape index (κ3) is 2.99. The third-order valence-electron chi connectivity index (χ3n) is 3.61. The van der Waals surface area contributed by atoms with Crippen molar-refractivity contribution in [2.45, 2.75) is 52.1 Å². The number of carbonyl (C=O) groups excluding carboxylic acids is 1. The van der Waals surface area contributed by atoms with Crippen LogP contribution < -0.4 is 0 Å². The molecular weight excluding hydrogens is 268 g/mol. The van der Waals surface area contributed by atoms with Gasteiger partial charge in [0.2, 0.25) is 5.82 Å². The first-order chi connectivity index (χ1) is 10.0. The van der Waals surface area contributed by atoms with Crippen molar-refractivity contribution < 1.29 is 9.21 Å². The van der Waals surface area contributed by atoms with E-state index in [1.165, 1.54) is 0 Å². The predicted octanol–water partition coefficient (Wildman–Crippen LogP) is 2.63. The number of nitrogens with zero attached hydrogens (tertiary/aromatic N) is 3. The van der Waals surface area contributed by atoms with Crippen LogP contribution in [0.2, 0.25) is 0 Å². The molecule has 112 valence electrons. The van der Waals surface area contributed by atoms with Gasteiger partial charge < -0.3 is 9.32 Å². The molecule has 1 saturated carbocycles. The summed E-state index contributed by atoms with van der Waals surface area (Å²) in [5.74, 6) is 2.73. The van der Waals surface area contributed by atoms with Crippen molar-refractivity contribution in [3.63, 3.8) is 0 Å². The summed E-state index contributed by atoms with van der Waals surface area (Å²) in [6.45, 7) is 6.40. The van der Waals surface area contributed by atoms with E-state index in [9.17, 15) is 4.79 Å². The number of carbonyl (C=O) groups is 1. The maximum absolute atomic E-state index is 12.6. The second-order valence-corrected chi connectivity index (χ2v) is 5.88. The van der Waals surface area contributed by atoms with Crippen LogP contribution in [-0.2, 0) is 6.54 Å². The highest BCUT2D eigenvalue weighted by atomic mass is 16.3. The highest BCUT2D eigenvalue weighted by molar-refractivity contribution is 5.90. The van der Waals surface area contributed by atoms with Crippen molar-refractivity contribution in [3.05, 3.63) is 35.3 Å². The van der Waals surface area contributed by atoms with Crippen LogP contribution in [0, 0.1) is 6.92 Å². The van der Waals surface area contributed by atoms with Gasteiger partial charge in [0.1, 0.15) is 17.3 Å². The molecule has 0 aromatic carbocycles. The van der Waals surface area contributed by atoms with Gasteiger partial charge in [0.05, 0.1) is 6.54 Å². The lowest BCUT2D eigenvalue weighted by molar-refractivity contribution is 0.0705. The van der Waals surface area contributed by atoms with Crippen LogP contribution in [0.4, 0.5) is 0 Å². The Bertz CT molecular complexity index is 640. The van der Waals surface area contributed by atoms with Crippen molar-refractivity contribution in [3.8, 4) is 0 Å². The summed E-state index contributed by atoms with van der Waals surface area (Å²) in [4.78, 5) is 18.7. The van der Waals surface area contributed by atoms with Crippen molar-refractivity contribution in [1.29, 1.82) is 0 Å². The number of aryl methyl sites for hydroxylation is 1. The Morgan fingerprint density at radius 1 is 1.48 bits per heavy atom. The molecule has 2 heterocycles. The average Bonchev–Trinajstić information content (AvgIpc) is 3.00. The molecule has 2 aromatic heterocycles. The van der Waals surface area contributed by atoms with Crippen molar-refractivity contribution in [2.75, 3.05) is 0 Å². The Labute approximate surface area is 123 Å². The molecule has 6 nitrogen and oxygen atoms in total. The Morgan fingerprint density at radius 2 is 2.24 bits per heavy atom. The van der Waals surface area contributed by atoms with Crippen LogP contribution in [-0.4, -0.2) is 32.0 Å². The molecule has 6 heteroatoms. The maximum atomic E-state index is 12.6. The van der Waals surface area contributed by atoms with E-state index in [0.717, 1.165) is 30.2 Å². The summed E-state index contributed by atoms with van der Waals surface area (Å²) in [7, 11) is 0. The van der Waals surface area contributed by atoms with Crippen LogP contribution in [0.1, 0.15) is 60.6 Å². The lowest BCUT2D eigenvalue weighted by atomic mass is 10.2. The number of furan rings is 1. The summed E-state index contributed by atoms with van der Waals surface area (Å²) >= 11 is 0. The largest absolute Gasteiger partial charge is 0.464 e. The molecule has 2 aromatic rings. The molecule has 1 amide bonds. The van der Waals surface area contributed by atoms with Crippen molar-refractivity contribution >= 4 is 5.91 Å². The number of amides is 1. The summed E-state index contributed by atoms with van der Waals surface area (Å²) in [5.41, 5.74) is 0. The lowest BCUT2D eigenvalue weighted by Crippen LogP contribution is -2.33. The van der Waals surface area contributed by atoms with E-state index in [1.54, 1.807) is 0 Å². The van der Waals surface area contributed by atoms with Gasteiger partial charge in [-0.05, 0) is 31.9 Å². The van der Waals surface area contributed by atoms with E-state index in [0.29, 0.717) is 6.54 Å². The summed E-state index contributed by atoms with van der Waals surface area (Å²) < 4.78 is 5.58. The van der Waals surface area contributed by atoms with Gasteiger partial charge in [0, 0.05) is 12.0 Å². The van der Waals surface area contributed by atoms with E-state index in [-0.39, 0.29) is 23.7 Å². The summed E-state index contributed by atoms with van der Waals surface area (Å²) in [5, 5.41) is 6.89. The Balaban J connectivity index is 1.78. The topological polar surface area (TPSA) is 75.0 Å². The first-order valence-corrected chi connectivity index (χ1v) is 7.33. The molecule has 0 spiro atoms. The second kappa shape index (κ2) is 5.35. The van der Waals surface area contributed by atoms with Crippen LogP contribution >= 0.6 is 0 Å². The highest BCUT2D eigenvalue weighted by Gasteiger charge is 2.35. The van der Waals surface area contributed by atoms with Crippen molar-refractivity contribution in [1.82, 2.24) is 20.1 Å². The molecular formula is C15H20N4O2. The highest BCUT2D eigenvalue weighted by Crippen LogP contribution is 2.29. The fourth-order valence-corrected chi connectivity index (χ4v) is 2.25. The van der Waals surface area contributed by atoms with E-state index in [2.05, 4.69) is 15.2 Å². The number of hydrogen-bond acceptors (Lipinski definition) is 4.